The number of carbonyl (C=O) groups excluding carboxylic acids is 2. The lowest BCUT2D eigenvalue weighted by atomic mass is 10.2. The number of hydrogen-bond acceptors (Lipinski definition) is 4. The summed E-state index contributed by atoms with van der Waals surface area (Å²) in [5.74, 6) is 0.0678. The highest BCUT2D eigenvalue weighted by Gasteiger charge is 2.24. The third kappa shape index (κ3) is 4.34. The topological polar surface area (TPSA) is 65.8 Å². The average molecular weight is 307 g/mol. The molecule has 1 N–H and O–H groups in total. The van der Waals surface area contributed by atoms with Gasteiger partial charge in [0.25, 0.3) is 5.91 Å². The van der Waals surface area contributed by atoms with Gasteiger partial charge in [0.1, 0.15) is 6.26 Å². The smallest absolute Gasteiger partial charge is 0.257 e. The molecule has 22 heavy (non-hydrogen) atoms. The highest BCUT2D eigenvalue weighted by Crippen LogP contribution is 2.09. The standard InChI is InChI=1S/C16H25N3O3/c1-3-14(4-2)17-15(20)11-18-6-8-19(9-7-18)16(21)13-5-10-22-12-13/h5,10,12,14H,3-4,6-9,11H2,1-2H3,(H,17,20). The highest BCUT2D eigenvalue weighted by molar-refractivity contribution is 5.93. The molecule has 0 saturated carbocycles. The van der Waals surface area contributed by atoms with E-state index in [9.17, 15) is 9.59 Å². The number of rotatable bonds is 6. The Morgan fingerprint density at radius 2 is 1.91 bits per heavy atom. The van der Waals surface area contributed by atoms with Crippen LogP contribution in [0.5, 0.6) is 0 Å². The molecule has 0 aliphatic carbocycles. The zero-order chi connectivity index (χ0) is 15.9. The molecular formula is C16H25N3O3. The van der Waals surface area contributed by atoms with Gasteiger partial charge in [0, 0.05) is 32.2 Å². The first-order valence-corrected chi connectivity index (χ1v) is 7.97. The predicted octanol–water partition coefficient (Wildman–Crippen LogP) is 1.34. The first-order chi connectivity index (χ1) is 10.6. The highest BCUT2D eigenvalue weighted by atomic mass is 16.3. The van der Waals surface area contributed by atoms with Crippen LogP contribution in [0.3, 0.4) is 0 Å². The molecule has 2 rings (SSSR count). The summed E-state index contributed by atoms with van der Waals surface area (Å²) in [6, 6.07) is 1.94. The minimum Gasteiger partial charge on any atom is -0.472 e. The zero-order valence-corrected chi connectivity index (χ0v) is 13.4. The summed E-state index contributed by atoms with van der Waals surface area (Å²) in [5.41, 5.74) is 0.583. The molecule has 0 radical (unpaired) electrons. The predicted molar refractivity (Wildman–Crippen MR) is 83.6 cm³/mol. The Morgan fingerprint density at radius 3 is 2.45 bits per heavy atom. The number of furan rings is 1. The van der Waals surface area contributed by atoms with Crippen molar-refractivity contribution in [3.05, 3.63) is 24.2 Å². The molecule has 0 spiro atoms. The van der Waals surface area contributed by atoms with Crippen LogP contribution >= 0.6 is 0 Å². The van der Waals surface area contributed by atoms with Gasteiger partial charge in [-0.1, -0.05) is 13.8 Å². The summed E-state index contributed by atoms with van der Waals surface area (Å²) < 4.78 is 4.95. The number of nitrogens with zero attached hydrogens (tertiary/aromatic N) is 2. The van der Waals surface area contributed by atoms with E-state index in [1.54, 1.807) is 11.0 Å². The molecule has 0 atom stereocenters. The Bertz CT molecular complexity index is 475. The van der Waals surface area contributed by atoms with E-state index in [-0.39, 0.29) is 17.9 Å². The second-order valence-electron chi connectivity index (χ2n) is 5.66. The zero-order valence-electron chi connectivity index (χ0n) is 13.4. The first kappa shape index (κ1) is 16.5. The van der Waals surface area contributed by atoms with E-state index in [1.807, 2.05) is 0 Å². The van der Waals surface area contributed by atoms with Crippen LogP contribution in [0.4, 0.5) is 0 Å². The maximum Gasteiger partial charge on any atom is 0.257 e. The number of amides is 2. The molecule has 1 fully saturated rings. The van der Waals surface area contributed by atoms with E-state index in [1.165, 1.54) is 12.5 Å². The fourth-order valence-electron chi connectivity index (χ4n) is 2.65. The first-order valence-electron chi connectivity index (χ1n) is 7.97. The summed E-state index contributed by atoms with van der Waals surface area (Å²) in [5, 5.41) is 3.05. The minimum absolute atomic E-state index is 0.00474. The number of nitrogens with one attached hydrogen (secondary N) is 1. The monoisotopic (exact) mass is 307 g/mol. The van der Waals surface area contributed by atoms with Crippen molar-refractivity contribution in [2.24, 2.45) is 0 Å². The van der Waals surface area contributed by atoms with Gasteiger partial charge in [-0.15, -0.1) is 0 Å². The van der Waals surface area contributed by atoms with Gasteiger partial charge in [0.05, 0.1) is 18.4 Å². The van der Waals surface area contributed by atoms with Gasteiger partial charge in [-0.2, -0.15) is 0 Å². The van der Waals surface area contributed by atoms with Gasteiger partial charge in [0.2, 0.25) is 5.91 Å². The third-order valence-corrected chi connectivity index (χ3v) is 4.15. The van der Waals surface area contributed by atoms with Crippen molar-refractivity contribution in [1.29, 1.82) is 0 Å². The van der Waals surface area contributed by atoms with Gasteiger partial charge >= 0.3 is 0 Å². The Balaban J connectivity index is 1.75. The van der Waals surface area contributed by atoms with E-state index < -0.39 is 0 Å². The Morgan fingerprint density at radius 1 is 1.23 bits per heavy atom. The fourth-order valence-corrected chi connectivity index (χ4v) is 2.65. The van der Waals surface area contributed by atoms with Gasteiger partial charge in [-0.25, -0.2) is 0 Å². The maximum absolute atomic E-state index is 12.2. The lowest BCUT2D eigenvalue weighted by molar-refractivity contribution is -0.123. The van der Waals surface area contributed by atoms with Gasteiger partial charge < -0.3 is 14.6 Å². The average Bonchev–Trinajstić information content (AvgIpc) is 3.07. The number of carbonyl (C=O) groups is 2. The molecular weight excluding hydrogens is 282 g/mol. The van der Waals surface area contributed by atoms with E-state index in [0.29, 0.717) is 25.2 Å². The van der Waals surface area contributed by atoms with E-state index in [0.717, 1.165) is 25.9 Å². The summed E-state index contributed by atoms with van der Waals surface area (Å²) in [6.07, 6.45) is 4.88. The molecule has 1 aliphatic heterocycles. The van der Waals surface area contributed by atoms with Crippen LogP contribution in [0.1, 0.15) is 37.0 Å². The summed E-state index contributed by atoms with van der Waals surface area (Å²) in [6.45, 7) is 7.29. The van der Waals surface area contributed by atoms with Crippen LogP contribution in [0, 0.1) is 0 Å². The molecule has 2 amide bonds. The molecule has 1 aromatic heterocycles. The SMILES string of the molecule is CCC(CC)NC(=O)CN1CCN(C(=O)c2ccoc2)CC1. The van der Waals surface area contributed by atoms with Crippen molar-refractivity contribution in [2.45, 2.75) is 32.7 Å². The molecule has 1 saturated heterocycles. The van der Waals surface area contributed by atoms with Crippen LogP contribution in [0.2, 0.25) is 0 Å². The second-order valence-corrected chi connectivity index (χ2v) is 5.66. The summed E-state index contributed by atoms with van der Waals surface area (Å²) >= 11 is 0. The minimum atomic E-state index is -0.00474. The van der Waals surface area contributed by atoms with Crippen LogP contribution < -0.4 is 5.32 Å². The van der Waals surface area contributed by atoms with E-state index in [4.69, 9.17) is 4.42 Å². The van der Waals surface area contributed by atoms with Crippen molar-refractivity contribution in [2.75, 3.05) is 32.7 Å². The summed E-state index contributed by atoms with van der Waals surface area (Å²) in [7, 11) is 0. The second kappa shape index (κ2) is 7.98. The molecule has 2 heterocycles. The van der Waals surface area contributed by atoms with Crippen molar-refractivity contribution < 1.29 is 14.0 Å². The van der Waals surface area contributed by atoms with Crippen LogP contribution in [0.15, 0.2) is 23.0 Å². The molecule has 0 aromatic carbocycles. The normalized spacial score (nSPS) is 16.0. The van der Waals surface area contributed by atoms with Gasteiger partial charge in [-0.05, 0) is 18.9 Å². The maximum atomic E-state index is 12.2. The number of hydrogen-bond donors (Lipinski definition) is 1. The van der Waals surface area contributed by atoms with Crippen LogP contribution in [-0.4, -0.2) is 60.4 Å². The molecule has 0 unspecified atom stereocenters. The van der Waals surface area contributed by atoms with E-state index >= 15 is 0 Å². The van der Waals surface area contributed by atoms with E-state index in [2.05, 4.69) is 24.1 Å². The molecule has 122 valence electrons. The van der Waals surface area contributed by atoms with Crippen molar-refractivity contribution in [1.82, 2.24) is 15.1 Å². The van der Waals surface area contributed by atoms with Crippen LogP contribution in [-0.2, 0) is 4.79 Å². The van der Waals surface area contributed by atoms with Crippen molar-refractivity contribution in [3.8, 4) is 0 Å². The quantitative estimate of drug-likeness (QED) is 0.861. The molecule has 1 aromatic rings. The Hall–Kier alpha value is -1.82. The van der Waals surface area contributed by atoms with Gasteiger partial charge in [0.15, 0.2) is 0 Å². The lowest BCUT2D eigenvalue weighted by Crippen LogP contribution is -2.51. The Labute approximate surface area is 131 Å². The molecule has 6 nitrogen and oxygen atoms in total. The van der Waals surface area contributed by atoms with Crippen molar-refractivity contribution >= 4 is 11.8 Å². The fraction of sp³-hybridized carbons (Fsp3) is 0.625. The molecule has 0 bridgehead atoms. The largest absolute Gasteiger partial charge is 0.472 e. The third-order valence-electron chi connectivity index (χ3n) is 4.15. The molecule has 6 heteroatoms. The van der Waals surface area contributed by atoms with Crippen LogP contribution in [0.25, 0.3) is 0 Å². The summed E-state index contributed by atoms with van der Waals surface area (Å²) in [4.78, 5) is 28.1. The van der Waals surface area contributed by atoms with Gasteiger partial charge in [-0.3, -0.25) is 14.5 Å². The Kier molecular flexibility index (Phi) is 6.00. The molecule has 1 aliphatic rings. The number of piperazine rings is 1. The van der Waals surface area contributed by atoms with Crippen molar-refractivity contribution in [3.63, 3.8) is 0 Å². The lowest BCUT2D eigenvalue weighted by Gasteiger charge is -2.34.